The SMILES string of the molecule is NC(=O)c1c[c]c2cc3ccccc3cc2c1. The van der Waals surface area contributed by atoms with Crippen molar-refractivity contribution in [2.45, 2.75) is 0 Å². The van der Waals surface area contributed by atoms with Crippen LogP contribution in [0.15, 0.2) is 48.5 Å². The van der Waals surface area contributed by atoms with Crippen molar-refractivity contribution < 1.29 is 4.79 Å². The quantitative estimate of drug-likeness (QED) is 0.629. The standard InChI is InChI=1S/C15H10NO/c16-15(17)13-6-5-12-7-10-3-1-2-4-11(10)8-14(12)9-13/h1-4,6-9H,(H2,16,17). The fraction of sp³-hybridized carbons (Fsp3) is 0. The van der Waals surface area contributed by atoms with Crippen LogP contribution >= 0.6 is 0 Å². The fourth-order valence-electron chi connectivity index (χ4n) is 2.01. The molecule has 0 spiro atoms. The molecule has 0 fully saturated rings. The summed E-state index contributed by atoms with van der Waals surface area (Å²) in [6.45, 7) is 0. The summed E-state index contributed by atoms with van der Waals surface area (Å²) in [6, 6.07) is 18.8. The van der Waals surface area contributed by atoms with Crippen LogP contribution in [0.4, 0.5) is 0 Å². The molecular formula is C15H10NO. The maximum absolute atomic E-state index is 11.1. The number of hydrogen-bond acceptors (Lipinski definition) is 1. The predicted molar refractivity (Wildman–Crippen MR) is 68.8 cm³/mol. The topological polar surface area (TPSA) is 43.1 Å². The van der Waals surface area contributed by atoms with Crippen molar-refractivity contribution in [3.8, 4) is 0 Å². The van der Waals surface area contributed by atoms with Crippen molar-refractivity contribution in [1.29, 1.82) is 0 Å². The zero-order valence-corrected chi connectivity index (χ0v) is 9.10. The lowest BCUT2D eigenvalue weighted by Crippen LogP contribution is -2.10. The van der Waals surface area contributed by atoms with Gasteiger partial charge in [-0.25, -0.2) is 0 Å². The zero-order valence-electron chi connectivity index (χ0n) is 9.10. The van der Waals surface area contributed by atoms with Gasteiger partial charge in [-0.05, 0) is 51.9 Å². The average molecular weight is 220 g/mol. The van der Waals surface area contributed by atoms with Crippen LogP contribution in [0.1, 0.15) is 10.4 Å². The van der Waals surface area contributed by atoms with Gasteiger partial charge in [-0.1, -0.05) is 24.3 Å². The van der Waals surface area contributed by atoms with Crippen LogP contribution in [0.5, 0.6) is 0 Å². The summed E-state index contributed by atoms with van der Waals surface area (Å²) in [5, 5.41) is 4.30. The van der Waals surface area contributed by atoms with E-state index in [0.29, 0.717) is 5.56 Å². The van der Waals surface area contributed by atoms with E-state index in [2.05, 4.69) is 18.2 Å². The van der Waals surface area contributed by atoms with E-state index in [4.69, 9.17) is 5.73 Å². The van der Waals surface area contributed by atoms with Crippen molar-refractivity contribution in [2.75, 3.05) is 0 Å². The number of primary amides is 1. The molecule has 0 unspecified atom stereocenters. The lowest BCUT2D eigenvalue weighted by atomic mass is 10.0. The molecule has 0 aliphatic rings. The first-order valence-electron chi connectivity index (χ1n) is 5.38. The van der Waals surface area contributed by atoms with Gasteiger partial charge in [0.15, 0.2) is 0 Å². The number of nitrogens with two attached hydrogens (primary N) is 1. The smallest absolute Gasteiger partial charge is 0.248 e. The normalized spacial score (nSPS) is 10.8. The Kier molecular flexibility index (Phi) is 2.08. The number of hydrogen-bond donors (Lipinski definition) is 1. The molecule has 1 radical (unpaired) electrons. The van der Waals surface area contributed by atoms with Gasteiger partial charge in [0, 0.05) is 5.56 Å². The summed E-state index contributed by atoms with van der Waals surface area (Å²) in [5.74, 6) is -0.420. The van der Waals surface area contributed by atoms with Gasteiger partial charge in [-0.15, -0.1) is 0 Å². The molecule has 0 saturated heterocycles. The van der Waals surface area contributed by atoms with Crippen LogP contribution in [0.25, 0.3) is 21.5 Å². The first-order valence-corrected chi connectivity index (χ1v) is 5.38. The van der Waals surface area contributed by atoms with Crippen LogP contribution < -0.4 is 5.73 Å². The Morgan fingerprint density at radius 2 is 1.71 bits per heavy atom. The highest BCUT2D eigenvalue weighted by Gasteiger charge is 2.03. The Morgan fingerprint density at radius 1 is 1.00 bits per heavy atom. The number of amides is 1. The van der Waals surface area contributed by atoms with Crippen molar-refractivity contribution in [1.82, 2.24) is 0 Å². The number of rotatable bonds is 1. The largest absolute Gasteiger partial charge is 0.366 e. The van der Waals surface area contributed by atoms with E-state index in [1.54, 1.807) is 12.1 Å². The van der Waals surface area contributed by atoms with E-state index in [9.17, 15) is 4.79 Å². The Bertz CT molecular complexity index is 731. The maximum Gasteiger partial charge on any atom is 0.248 e. The van der Waals surface area contributed by atoms with Crippen LogP contribution in [-0.4, -0.2) is 5.91 Å². The van der Waals surface area contributed by atoms with Crippen LogP contribution in [0.2, 0.25) is 0 Å². The molecule has 0 saturated carbocycles. The van der Waals surface area contributed by atoms with Gasteiger partial charge < -0.3 is 5.73 Å². The molecule has 0 atom stereocenters. The van der Waals surface area contributed by atoms with Gasteiger partial charge in [-0.2, -0.15) is 0 Å². The molecule has 1 amide bonds. The molecule has 0 heterocycles. The van der Waals surface area contributed by atoms with E-state index in [-0.39, 0.29) is 0 Å². The summed E-state index contributed by atoms with van der Waals surface area (Å²) >= 11 is 0. The predicted octanol–water partition coefficient (Wildman–Crippen LogP) is 2.89. The summed E-state index contributed by atoms with van der Waals surface area (Å²) in [4.78, 5) is 11.1. The molecule has 0 aromatic heterocycles. The summed E-state index contributed by atoms with van der Waals surface area (Å²) < 4.78 is 0. The van der Waals surface area contributed by atoms with E-state index in [1.165, 1.54) is 5.39 Å². The highest BCUT2D eigenvalue weighted by molar-refractivity contribution is 6.02. The van der Waals surface area contributed by atoms with E-state index in [1.807, 2.05) is 24.3 Å². The molecule has 0 aliphatic heterocycles. The van der Waals surface area contributed by atoms with Gasteiger partial charge in [-0.3, -0.25) is 4.79 Å². The Hall–Kier alpha value is -2.35. The first-order chi connectivity index (χ1) is 8.24. The number of carbonyl (C=O) groups is 1. The lowest BCUT2D eigenvalue weighted by molar-refractivity contribution is 0.100. The number of benzene rings is 3. The summed E-state index contributed by atoms with van der Waals surface area (Å²) in [6.07, 6.45) is 0. The highest BCUT2D eigenvalue weighted by atomic mass is 16.1. The van der Waals surface area contributed by atoms with Gasteiger partial charge in [0.1, 0.15) is 0 Å². The van der Waals surface area contributed by atoms with Crippen molar-refractivity contribution in [3.05, 3.63) is 60.2 Å². The molecule has 2 N–H and O–H groups in total. The molecule has 3 aromatic rings. The third-order valence-corrected chi connectivity index (χ3v) is 2.90. The second-order valence-electron chi connectivity index (χ2n) is 4.04. The number of fused-ring (bicyclic) bond motifs is 2. The third kappa shape index (κ3) is 1.64. The summed E-state index contributed by atoms with van der Waals surface area (Å²) in [7, 11) is 0. The average Bonchev–Trinajstić information content (AvgIpc) is 2.35. The van der Waals surface area contributed by atoms with Crippen LogP contribution in [-0.2, 0) is 0 Å². The Labute approximate surface area is 98.7 Å². The van der Waals surface area contributed by atoms with Crippen molar-refractivity contribution >= 4 is 27.5 Å². The van der Waals surface area contributed by atoms with E-state index in [0.717, 1.165) is 16.2 Å². The van der Waals surface area contributed by atoms with Crippen molar-refractivity contribution in [3.63, 3.8) is 0 Å². The van der Waals surface area contributed by atoms with Crippen molar-refractivity contribution in [2.24, 2.45) is 5.73 Å². The molecular weight excluding hydrogens is 210 g/mol. The maximum atomic E-state index is 11.1. The van der Waals surface area contributed by atoms with Crippen LogP contribution in [0.3, 0.4) is 0 Å². The number of carbonyl (C=O) groups excluding carboxylic acids is 1. The molecule has 3 rings (SSSR count). The second kappa shape index (κ2) is 3.59. The fourth-order valence-corrected chi connectivity index (χ4v) is 2.01. The van der Waals surface area contributed by atoms with Crippen LogP contribution in [0, 0.1) is 6.07 Å². The lowest BCUT2D eigenvalue weighted by Gasteiger charge is -2.03. The first kappa shape index (κ1) is 9.85. The van der Waals surface area contributed by atoms with E-state index < -0.39 is 5.91 Å². The minimum atomic E-state index is -0.420. The highest BCUT2D eigenvalue weighted by Crippen LogP contribution is 2.23. The Balaban J connectivity index is 2.36. The van der Waals surface area contributed by atoms with Gasteiger partial charge >= 0.3 is 0 Å². The Morgan fingerprint density at radius 3 is 2.41 bits per heavy atom. The molecule has 17 heavy (non-hydrogen) atoms. The minimum Gasteiger partial charge on any atom is -0.366 e. The van der Waals surface area contributed by atoms with E-state index >= 15 is 0 Å². The summed E-state index contributed by atoms with van der Waals surface area (Å²) in [5.41, 5.74) is 5.75. The zero-order chi connectivity index (χ0) is 11.8. The molecule has 0 bridgehead atoms. The molecule has 2 nitrogen and oxygen atoms in total. The minimum absolute atomic E-state index is 0.420. The molecule has 2 heteroatoms. The molecule has 3 aromatic carbocycles. The third-order valence-electron chi connectivity index (χ3n) is 2.90. The van der Waals surface area contributed by atoms with Gasteiger partial charge in [0.05, 0.1) is 0 Å². The van der Waals surface area contributed by atoms with Gasteiger partial charge in [0.2, 0.25) is 5.91 Å². The molecule has 81 valence electrons. The van der Waals surface area contributed by atoms with Gasteiger partial charge in [0.25, 0.3) is 0 Å². The molecule has 0 aliphatic carbocycles. The monoisotopic (exact) mass is 220 g/mol. The second-order valence-corrected chi connectivity index (χ2v) is 4.04.